The Morgan fingerprint density at radius 1 is 1.06 bits per heavy atom. The highest BCUT2D eigenvalue weighted by Gasteiger charge is 2.18. The molecule has 0 bridgehead atoms. The van der Waals surface area contributed by atoms with Crippen LogP contribution in [0.25, 0.3) is 0 Å². The number of ketones is 2. The van der Waals surface area contributed by atoms with E-state index in [0.717, 1.165) is 18.4 Å². The first-order valence-corrected chi connectivity index (χ1v) is 6.11. The Labute approximate surface area is 107 Å². The Morgan fingerprint density at radius 3 is 2.39 bits per heavy atom. The molecule has 0 fully saturated rings. The summed E-state index contributed by atoms with van der Waals surface area (Å²) in [6.07, 6.45) is 6.72. The van der Waals surface area contributed by atoms with Crippen LogP contribution in [-0.4, -0.2) is 11.6 Å². The van der Waals surface area contributed by atoms with E-state index >= 15 is 0 Å². The minimum Gasteiger partial charge on any atom is -0.289 e. The highest BCUT2D eigenvalue weighted by Crippen LogP contribution is 2.19. The van der Waals surface area contributed by atoms with Gasteiger partial charge in [-0.3, -0.25) is 9.59 Å². The van der Waals surface area contributed by atoms with Crippen LogP contribution in [0.15, 0.2) is 42.0 Å². The van der Waals surface area contributed by atoms with Crippen LogP contribution in [0.5, 0.6) is 0 Å². The van der Waals surface area contributed by atoms with Crippen molar-refractivity contribution in [1.29, 1.82) is 0 Å². The monoisotopic (exact) mass is 240 g/mol. The Hall–Kier alpha value is -1.96. The second kappa shape index (κ2) is 5.13. The number of allylic oxidation sites excluding steroid dienone is 4. The molecule has 0 amide bonds. The molecule has 0 heterocycles. The third-order valence-corrected chi connectivity index (χ3v) is 2.99. The molecule has 0 saturated heterocycles. The number of hydrogen-bond acceptors (Lipinski definition) is 2. The fraction of sp³-hybridized carbons (Fsp3) is 0.250. The molecule has 0 atom stereocenters. The van der Waals surface area contributed by atoms with Crippen molar-refractivity contribution in [3.63, 3.8) is 0 Å². The van der Waals surface area contributed by atoms with Crippen LogP contribution < -0.4 is 0 Å². The molecule has 92 valence electrons. The summed E-state index contributed by atoms with van der Waals surface area (Å²) in [4.78, 5) is 23.3. The van der Waals surface area contributed by atoms with Crippen molar-refractivity contribution < 1.29 is 9.59 Å². The fourth-order valence-corrected chi connectivity index (χ4v) is 2.02. The zero-order valence-corrected chi connectivity index (χ0v) is 10.7. The SMILES string of the molecule is CC(C)=CCCc1ccc2c(c1)C(=O)C=CC2=O. The molecular weight excluding hydrogens is 224 g/mol. The third kappa shape index (κ3) is 2.65. The summed E-state index contributed by atoms with van der Waals surface area (Å²) in [5, 5.41) is 0. The van der Waals surface area contributed by atoms with Crippen molar-refractivity contribution in [2.45, 2.75) is 26.7 Å². The molecule has 0 aromatic heterocycles. The summed E-state index contributed by atoms with van der Waals surface area (Å²) >= 11 is 0. The van der Waals surface area contributed by atoms with E-state index in [-0.39, 0.29) is 11.6 Å². The maximum absolute atomic E-state index is 11.7. The average Bonchev–Trinajstić information content (AvgIpc) is 2.34. The highest BCUT2D eigenvalue weighted by molar-refractivity contribution is 6.22. The lowest BCUT2D eigenvalue weighted by molar-refractivity contribution is 0.0994. The molecule has 1 aliphatic carbocycles. The smallest absolute Gasteiger partial charge is 0.186 e. The Bertz CT molecular complexity index is 558. The summed E-state index contributed by atoms with van der Waals surface area (Å²) in [7, 11) is 0. The molecule has 1 aromatic rings. The highest BCUT2D eigenvalue weighted by atomic mass is 16.1. The van der Waals surface area contributed by atoms with Crippen molar-refractivity contribution in [3.05, 3.63) is 58.7 Å². The number of carbonyl (C=O) groups is 2. The van der Waals surface area contributed by atoms with Gasteiger partial charge >= 0.3 is 0 Å². The number of rotatable bonds is 3. The fourth-order valence-electron chi connectivity index (χ4n) is 2.02. The van der Waals surface area contributed by atoms with Gasteiger partial charge in [0.05, 0.1) is 0 Å². The van der Waals surface area contributed by atoms with E-state index in [9.17, 15) is 9.59 Å². The maximum atomic E-state index is 11.7. The van der Waals surface area contributed by atoms with Gasteiger partial charge in [-0.15, -0.1) is 0 Å². The van der Waals surface area contributed by atoms with Crippen LogP contribution in [0.3, 0.4) is 0 Å². The van der Waals surface area contributed by atoms with Crippen LogP contribution in [0.1, 0.15) is 46.5 Å². The number of fused-ring (bicyclic) bond motifs is 1. The van der Waals surface area contributed by atoms with E-state index in [4.69, 9.17) is 0 Å². The topological polar surface area (TPSA) is 34.1 Å². The van der Waals surface area contributed by atoms with Gasteiger partial charge in [-0.05, 0) is 50.5 Å². The van der Waals surface area contributed by atoms with Gasteiger partial charge in [0.2, 0.25) is 0 Å². The first-order chi connectivity index (χ1) is 8.58. The molecular formula is C16H16O2. The van der Waals surface area contributed by atoms with Gasteiger partial charge in [-0.1, -0.05) is 23.8 Å². The molecule has 1 aromatic carbocycles. The molecule has 0 N–H and O–H groups in total. The van der Waals surface area contributed by atoms with E-state index in [1.165, 1.54) is 17.7 Å². The molecule has 2 nitrogen and oxygen atoms in total. The minimum atomic E-state index is -0.0829. The average molecular weight is 240 g/mol. The second-order valence-electron chi connectivity index (χ2n) is 4.76. The summed E-state index contributed by atoms with van der Waals surface area (Å²) in [6.45, 7) is 4.14. The predicted molar refractivity (Wildman–Crippen MR) is 72.0 cm³/mol. The lowest BCUT2D eigenvalue weighted by Crippen LogP contribution is -2.11. The van der Waals surface area contributed by atoms with Gasteiger partial charge in [-0.2, -0.15) is 0 Å². The van der Waals surface area contributed by atoms with Gasteiger partial charge in [0.15, 0.2) is 11.6 Å². The van der Waals surface area contributed by atoms with Crippen molar-refractivity contribution in [2.24, 2.45) is 0 Å². The van der Waals surface area contributed by atoms with Gasteiger partial charge in [-0.25, -0.2) is 0 Å². The van der Waals surface area contributed by atoms with Crippen LogP contribution in [0.4, 0.5) is 0 Å². The van der Waals surface area contributed by atoms with Crippen LogP contribution >= 0.6 is 0 Å². The van der Waals surface area contributed by atoms with Gasteiger partial charge in [0, 0.05) is 11.1 Å². The van der Waals surface area contributed by atoms with E-state index in [2.05, 4.69) is 19.9 Å². The summed E-state index contributed by atoms with van der Waals surface area (Å²) in [6, 6.07) is 5.54. The number of benzene rings is 1. The second-order valence-corrected chi connectivity index (χ2v) is 4.76. The van der Waals surface area contributed by atoms with Crippen molar-refractivity contribution >= 4 is 11.6 Å². The van der Waals surface area contributed by atoms with Crippen molar-refractivity contribution in [3.8, 4) is 0 Å². The summed E-state index contributed by atoms with van der Waals surface area (Å²) < 4.78 is 0. The van der Waals surface area contributed by atoms with E-state index in [0.29, 0.717) is 11.1 Å². The van der Waals surface area contributed by atoms with Gasteiger partial charge in [0.1, 0.15) is 0 Å². The standard InChI is InChI=1S/C16H16O2/c1-11(2)4-3-5-12-6-7-13-14(10-12)16(18)9-8-15(13)17/h4,6-10H,3,5H2,1-2H3. The molecule has 0 unspecified atom stereocenters. The predicted octanol–water partition coefficient (Wildman–Crippen LogP) is 3.52. The normalized spacial score (nSPS) is 13.4. The lowest BCUT2D eigenvalue weighted by atomic mass is 9.92. The van der Waals surface area contributed by atoms with E-state index in [1.54, 1.807) is 6.07 Å². The molecule has 0 aliphatic heterocycles. The zero-order chi connectivity index (χ0) is 13.1. The summed E-state index contributed by atoms with van der Waals surface area (Å²) in [5.41, 5.74) is 3.45. The van der Waals surface area contributed by atoms with Gasteiger partial charge in [0.25, 0.3) is 0 Å². The lowest BCUT2D eigenvalue weighted by Gasteiger charge is -2.10. The zero-order valence-electron chi connectivity index (χ0n) is 10.7. The molecule has 0 saturated carbocycles. The van der Waals surface area contributed by atoms with Crippen LogP contribution in [0.2, 0.25) is 0 Å². The van der Waals surface area contributed by atoms with E-state index < -0.39 is 0 Å². The maximum Gasteiger partial charge on any atom is 0.186 e. The largest absolute Gasteiger partial charge is 0.289 e. The first kappa shape index (κ1) is 12.5. The van der Waals surface area contributed by atoms with Crippen molar-refractivity contribution in [1.82, 2.24) is 0 Å². The number of aryl methyl sites for hydroxylation is 1. The number of hydrogen-bond donors (Lipinski definition) is 0. The molecule has 2 rings (SSSR count). The summed E-state index contributed by atoms with van der Waals surface area (Å²) in [5.74, 6) is -0.158. The number of carbonyl (C=O) groups excluding carboxylic acids is 2. The Morgan fingerprint density at radius 2 is 1.72 bits per heavy atom. The third-order valence-electron chi connectivity index (χ3n) is 2.99. The Balaban J connectivity index is 2.23. The molecule has 18 heavy (non-hydrogen) atoms. The van der Waals surface area contributed by atoms with Crippen LogP contribution in [0, 0.1) is 0 Å². The van der Waals surface area contributed by atoms with Crippen molar-refractivity contribution in [2.75, 3.05) is 0 Å². The molecule has 0 radical (unpaired) electrons. The van der Waals surface area contributed by atoms with E-state index in [1.807, 2.05) is 12.1 Å². The molecule has 2 heteroatoms. The minimum absolute atomic E-state index is 0.0753. The van der Waals surface area contributed by atoms with Gasteiger partial charge < -0.3 is 0 Å². The first-order valence-electron chi connectivity index (χ1n) is 6.11. The molecule has 0 spiro atoms. The Kier molecular flexibility index (Phi) is 3.56. The quantitative estimate of drug-likeness (QED) is 0.757. The van der Waals surface area contributed by atoms with Crippen LogP contribution in [-0.2, 0) is 6.42 Å². The molecule has 1 aliphatic rings.